The van der Waals surface area contributed by atoms with Crippen LogP contribution in [0.4, 0.5) is 10.5 Å². The van der Waals surface area contributed by atoms with Crippen LogP contribution in [0.25, 0.3) is 0 Å². The van der Waals surface area contributed by atoms with Crippen molar-refractivity contribution in [3.63, 3.8) is 0 Å². The molecule has 2 rings (SSSR count). The van der Waals surface area contributed by atoms with Crippen LogP contribution < -0.4 is 10.2 Å². The number of anilines is 1. The zero-order valence-electron chi connectivity index (χ0n) is 11.7. The Hall–Kier alpha value is -2.17. The monoisotopic (exact) mass is 274 g/mol. The van der Waals surface area contributed by atoms with E-state index in [-0.39, 0.29) is 0 Å². The SMILES string of the molecule is CCCC1C(=O)NC(=O)N(c2cccc(CC)c2)C1=O. The fraction of sp³-hybridized carbons (Fsp3) is 0.400. The van der Waals surface area contributed by atoms with Gasteiger partial charge >= 0.3 is 6.03 Å². The first-order valence-corrected chi connectivity index (χ1v) is 6.86. The van der Waals surface area contributed by atoms with Crippen LogP contribution in [0.3, 0.4) is 0 Å². The number of rotatable bonds is 4. The topological polar surface area (TPSA) is 66.5 Å². The first-order chi connectivity index (χ1) is 9.58. The molecule has 1 aliphatic heterocycles. The molecule has 0 saturated carbocycles. The lowest BCUT2D eigenvalue weighted by Crippen LogP contribution is -2.58. The molecule has 5 nitrogen and oxygen atoms in total. The van der Waals surface area contributed by atoms with Crippen molar-refractivity contribution in [2.75, 3.05) is 4.90 Å². The molecule has 1 fully saturated rings. The predicted octanol–water partition coefficient (Wildman–Crippen LogP) is 2.25. The van der Waals surface area contributed by atoms with Gasteiger partial charge in [0.05, 0.1) is 5.69 Å². The third-order valence-electron chi connectivity index (χ3n) is 3.42. The van der Waals surface area contributed by atoms with Gasteiger partial charge in [-0.2, -0.15) is 0 Å². The van der Waals surface area contributed by atoms with Crippen molar-refractivity contribution in [2.45, 2.75) is 33.1 Å². The normalized spacial score (nSPS) is 19.2. The number of carbonyl (C=O) groups excluding carboxylic acids is 3. The molecule has 1 unspecified atom stereocenters. The van der Waals surface area contributed by atoms with E-state index in [0.717, 1.165) is 16.9 Å². The number of hydrogen-bond acceptors (Lipinski definition) is 3. The molecule has 0 spiro atoms. The number of hydrogen-bond donors (Lipinski definition) is 1. The number of aryl methyl sites for hydroxylation is 1. The molecule has 1 heterocycles. The highest BCUT2D eigenvalue weighted by molar-refractivity contribution is 6.27. The van der Waals surface area contributed by atoms with E-state index in [1.165, 1.54) is 0 Å². The van der Waals surface area contributed by atoms with Gasteiger partial charge in [-0.15, -0.1) is 0 Å². The summed E-state index contributed by atoms with van der Waals surface area (Å²) in [5.74, 6) is -1.71. The zero-order chi connectivity index (χ0) is 14.7. The molecule has 0 bridgehead atoms. The maximum Gasteiger partial charge on any atom is 0.335 e. The Morgan fingerprint density at radius 1 is 1.20 bits per heavy atom. The van der Waals surface area contributed by atoms with Gasteiger partial charge in [-0.25, -0.2) is 9.69 Å². The van der Waals surface area contributed by atoms with Gasteiger partial charge < -0.3 is 0 Å². The van der Waals surface area contributed by atoms with Gasteiger partial charge in [-0.1, -0.05) is 32.4 Å². The second-order valence-corrected chi connectivity index (χ2v) is 4.83. The summed E-state index contributed by atoms with van der Waals surface area (Å²) in [6, 6.07) is 6.58. The van der Waals surface area contributed by atoms with Crippen LogP contribution >= 0.6 is 0 Å². The van der Waals surface area contributed by atoms with Gasteiger partial charge in [0.2, 0.25) is 11.8 Å². The molecule has 1 atom stereocenters. The molecular formula is C15H18N2O3. The van der Waals surface area contributed by atoms with Crippen molar-refractivity contribution >= 4 is 23.5 Å². The molecule has 106 valence electrons. The molecule has 20 heavy (non-hydrogen) atoms. The van der Waals surface area contributed by atoms with Gasteiger partial charge in [0, 0.05) is 0 Å². The van der Waals surface area contributed by atoms with Crippen LogP contribution in [0.15, 0.2) is 24.3 Å². The first-order valence-electron chi connectivity index (χ1n) is 6.86. The summed E-state index contributed by atoms with van der Waals surface area (Å²) >= 11 is 0. The third kappa shape index (κ3) is 2.57. The summed E-state index contributed by atoms with van der Waals surface area (Å²) in [5, 5.41) is 2.26. The number of imide groups is 2. The van der Waals surface area contributed by atoms with Crippen molar-refractivity contribution in [3.8, 4) is 0 Å². The molecule has 1 N–H and O–H groups in total. The van der Waals surface area contributed by atoms with E-state index >= 15 is 0 Å². The van der Waals surface area contributed by atoms with Gasteiger partial charge in [-0.3, -0.25) is 14.9 Å². The highest BCUT2D eigenvalue weighted by atomic mass is 16.2. The van der Waals surface area contributed by atoms with Gasteiger partial charge in [0.1, 0.15) is 5.92 Å². The van der Waals surface area contributed by atoms with Crippen molar-refractivity contribution in [3.05, 3.63) is 29.8 Å². The lowest BCUT2D eigenvalue weighted by molar-refractivity contribution is -0.134. The molecule has 1 saturated heterocycles. The smallest absolute Gasteiger partial charge is 0.277 e. The summed E-state index contributed by atoms with van der Waals surface area (Å²) in [7, 11) is 0. The van der Waals surface area contributed by atoms with E-state index in [0.29, 0.717) is 18.5 Å². The maximum absolute atomic E-state index is 12.4. The summed E-state index contributed by atoms with van der Waals surface area (Å²) in [4.78, 5) is 37.1. The molecule has 1 aromatic carbocycles. The number of amides is 4. The van der Waals surface area contributed by atoms with Gasteiger partial charge in [0.25, 0.3) is 0 Å². The Labute approximate surface area is 118 Å². The molecule has 0 radical (unpaired) electrons. The van der Waals surface area contributed by atoms with E-state index in [1.54, 1.807) is 18.2 Å². The molecule has 1 aromatic rings. The van der Waals surface area contributed by atoms with Crippen LogP contribution in [0, 0.1) is 5.92 Å². The predicted molar refractivity (Wildman–Crippen MR) is 75.2 cm³/mol. The number of barbiturate groups is 1. The molecule has 4 amide bonds. The Morgan fingerprint density at radius 3 is 2.60 bits per heavy atom. The molecule has 5 heteroatoms. The molecular weight excluding hydrogens is 256 g/mol. The van der Waals surface area contributed by atoms with E-state index in [9.17, 15) is 14.4 Å². The second-order valence-electron chi connectivity index (χ2n) is 4.83. The number of urea groups is 1. The fourth-order valence-corrected chi connectivity index (χ4v) is 2.32. The van der Waals surface area contributed by atoms with Crippen LogP contribution in [-0.4, -0.2) is 17.8 Å². The molecule has 0 aliphatic carbocycles. The maximum atomic E-state index is 12.4. The molecule has 1 aliphatic rings. The van der Waals surface area contributed by atoms with Crippen LogP contribution in [0.2, 0.25) is 0 Å². The quantitative estimate of drug-likeness (QED) is 0.856. The van der Waals surface area contributed by atoms with Crippen molar-refractivity contribution < 1.29 is 14.4 Å². The van der Waals surface area contributed by atoms with Crippen LogP contribution in [-0.2, 0) is 16.0 Å². The summed E-state index contributed by atoms with van der Waals surface area (Å²) < 4.78 is 0. The van der Waals surface area contributed by atoms with E-state index in [4.69, 9.17) is 0 Å². The number of carbonyl (C=O) groups is 3. The van der Waals surface area contributed by atoms with Crippen molar-refractivity contribution in [1.82, 2.24) is 5.32 Å². The minimum atomic E-state index is -0.775. The highest BCUT2D eigenvalue weighted by Gasteiger charge is 2.40. The van der Waals surface area contributed by atoms with Crippen LogP contribution in [0.5, 0.6) is 0 Å². The van der Waals surface area contributed by atoms with Crippen LogP contribution in [0.1, 0.15) is 32.3 Å². The lowest BCUT2D eigenvalue weighted by Gasteiger charge is -2.30. The summed E-state index contributed by atoms with van der Waals surface area (Å²) in [5.41, 5.74) is 1.55. The van der Waals surface area contributed by atoms with E-state index < -0.39 is 23.8 Å². The Balaban J connectivity index is 2.35. The Bertz CT molecular complexity index is 554. The Kier molecular flexibility index (Phi) is 4.17. The number of benzene rings is 1. The van der Waals surface area contributed by atoms with E-state index in [1.807, 2.05) is 19.9 Å². The number of nitrogens with zero attached hydrogens (tertiary/aromatic N) is 1. The van der Waals surface area contributed by atoms with E-state index in [2.05, 4.69) is 5.32 Å². The zero-order valence-corrected chi connectivity index (χ0v) is 11.7. The lowest BCUT2D eigenvalue weighted by atomic mass is 9.98. The van der Waals surface area contributed by atoms with Crippen molar-refractivity contribution in [2.24, 2.45) is 5.92 Å². The summed E-state index contributed by atoms with van der Waals surface area (Å²) in [6.45, 7) is 3.90. The summed E-state index contributed by atoms with van der Waals surface area (Å²) in [6.07, 6.45) is 1.97. The minimum absolute atomic E-state index is 0.436. The average Bonchev–Trinajstić information content (AvgIpc) is 2.43. The standard InChI is InChI=1S/C15H18N2O3/c1-3-6-12-13(18)16-15(20)17(14(12)19)11-8-5-7-10(4-2)9-11/h5,7-9,12H,3-4,6H2,1-2H3,(H,16,18,20). The minimum Gasteiger partial charge on any atom is -0.277 e. The van der Waals surface area contributed by atoms with Gasteiger partial charge in [-0.05, 0) is 30.5 Å². The third-order valence-corrected chi connectivity index (χ3v) is 3.42. The molecule has 0 aromatic heterocycles. The number of nitrogens with one attached hydrogen (secondary N) is 1. The fourth-order valence-electron chi connectivity index (χ4n) is 2.32. The van der Waals surface area contributed by atoms with Gasteiger partial charge in [0.15, 0.2) is 0 Å². The average molecular weight is 274 g/mol. The first kappa shape index (κ1) is 14.2. The second kappa shape index (κ2) is 5.86. The Morgan fingerprint density at radius 2 is 1.95 bits per heavy atom. The highest BCUT2D eigenvalue weighted by Crippen LogP contribution is 2.24. The van der Waals surface area contributed by atoms with Crippen molar-refractivity contribution in [1.29, 1.82) is 0 Å². The largest absolute Gasteiger partial charge is 0.335 e.